The molecule has 2 rings (SSSR count). The molecule has 22 heavy (non-hydrogen) atoms. The Bertz CT molecular complexity index is 689. The molecule has 1 heterocycles. The average molecular weight is 322 g/mol. The number of ether oxygens (including phenoxy) is 1. The van der Waals surface area contributed by atoms with Crippen molar-refractivity contribution < 1.29 is 19.1 Å². The SMILES string of the molecule is CC(=O)COc1cc(N2C(=O)CC(=C(C)C)C2=O)ccc1Cl. The van der Waals surface area contributed by atoms with Crippen molar-refractivity contribution in [1.29, 1.82) is 0 Å². The normalized spacial score (nSPS) is 14.5. The highest BCUT2D eigenvalue weighted by Crippen LogP contribution is 2.33. The Morgan fingerprint density at radius 2 is 1.95 bits per heavy atom. The Hall–Kier alpha value is -2.14. The number of nitrogens with zero attached hydrogens (tertiary/aromatic N) is 1. The summed E-state index contributed by atoms with van der Waals surface area (Å²) in [6.07, 6.45) is 0.0907. The van der Waals surface area contributed by atoms with Crippen LogP contribution < -0.4 is 9.64 Å². The van der Waals surface area contributed by atoms with Crippen molar-refractivity contribution in [3.05, 3.63) is 34.4 Å². The van der Waals surface area contributed by atoms with Gasteiger partial charge in [-0.1, -0.05) is 17.2 Å². The van der Waals surface area contributed by atoms with Crippen molar-refractivity contribution in [2.24, 2.45) is 0 Å². The lowest BCUT2D eigenvalue weighted by molar-refractivity contribution is -0.121. The van der Waals surface area contributed by atoms with Gasteiger partial charge in [0.05, 0.1) is 17.1 Å². The summed E-state index contributed by atoms with van der Waals surface area (Å²) in [6, 6.07) is 4.61. The molecule has 1 aromatic carbocycles. The second-order valence-corrected chi connectivity index (χ2v) is 5.70. The van der Waals surface area contributed by atoms with E-state index in [0.29, 0.717) is 16.3 Å². The molecule has 0 aromatic heterocycles. The van der Waals surface area contributed by atoms with Crippen LogP contribution in [0.3, 0.4) is 0 Å². The molecule has 0 radical (unpaired) electrons. The first-order chi connectivity index (χ1) is 10.3. The van der Waals surface area contributed by atoms with Gasteiger partial charge < -0.3 is 4.74 Å². The van der Waals surface area contributed by atoms with Crippen LogP contribution in [0, 0.1) is 0 Å². The number of rotatable bonds is 4. The van der Waals surface area contributed by atoms with Crippen LogP contribution in [-0.4, -0.2) is 24.2 Å². The molecule has 1 aliphatic heterocycles. The maximum atomic E-state index is 12.3. The molecule has 0 atom stereocenters. The van der Waals surface area contributed by atoms with Crippen LogP contribution in [0.25, 0.3) is 0 Å². The predicted octanol–water partition coefficient (Wildman–Crippen LogP) is 2.91. The Kier molecular flexibility index (Phi) is 4.66. The number of hydrogen-bond acceptors (Lipinski definition) is 4. The number of imide groups is 1. The van der Waals surface area contributed by atoms with E-state index in [-0.39, 0.29) is 36.4 Å². The van der Waals surface area contributed by atoms with Crippen LogP contribution in [-0.2, 0) is 14.4 Å². The first-order valence-electron chi connectivity index (χ1n) is 6.76. The monoisotopic (exact) mass is 321 g/mol. The van der Waals surface area contributed by atoms with Gasteiger partial charge in [0.15, 0.2) is 5.78 Å². The van der Waals surface area contributed by atoms with Crippen LogP contribution in [0.1, 0.15) is 27.2 Å². The van der Waals surface area contributed by atoms with Crippen LogP contribution in [0.2, 0.25) is 5.02 Å². The summed E-state index contributed by atoms with van der Waals surface area (Å²) >= 11 is 6.00. The summed E-state index contributed by atoms with van der Waals surface area (Å²) in [5.41, 5.74) is 1.71. The Balaban J connectivity index is 2.35. The highest BCUT2D eigenvalue weighted by molar-refractivity contribution is 6.32. The molecule has 116 valence electrons. The average Bonchev–Trinajstić information content (AvgIpc) is 2.73. The molecule has 5 nitrogen and oxygen atoms in total. The number of amides is 2. The van der Waals surface area contributed by atoms with E-state index in [9.17, 15) is 14.4 Å². The maximum absolute atomic E-state index is 12.3. The molecule has 0 unspecified atom stereocenters. The zero-order valence-electron chi connectivity index (χ0n) is 12.6. The minimum atomic E-state index is -0.329. The lowest BCUT2D eigenvalue weighted by atomic mass is 10.1. The fourth-order valence-corrected chi connectivity index (χ4v) is 2.30. The number of Topliss-reactive ketones (excluding diaryl/α,β-unsaturated/α-hetero) is 1. The fourth-order valence-electron chi connectivity index (χ4n) is 2.13. The number of carbonyl (C=O) groups is 3. The first-order valence-corrected chi connectivity index (χ1v) is 7.14. The summed E-state index contributed by atoms with van der Waals surface area (Å²) in [5, 5.41) is 0.312. The maximum Gasteiger partial charge on any atom is 0.261 e. The minimum absolute atomic E-state index is 0.0907. The van der Waals surface area contributed by atoms with Crippen molar-refractivity contribution in [2.45, 2.75) is 27.2 Å². The molecule has 1 aromatic rings. The standard InChI is InChI=1S/C16H16ClNO4/c1-9(2)12-7-15(20)18(16(12)21)11-4-5-13(17)14(6-11)22-8-10(3)19/h4-6H,7-8H2,1-3H3. The summed E-state index contributed by atoms with van der Waals surface area (Å²) < 4.78 is 5.30. The third kappa shape index (κ3) is 3.20. The second-order valence-electron chi connectivity index (χ2n) is 5.30. The molecule has 1 fully saturated rings. The minimum Gasteiger partial charge on any atom is -0.484 e. The number of hydrogen-bond donors (Lipinski definition) is 0. The molecule has 0 aliphatic carbocycles. The van der Waals surface area contributed by atoms with Gasteiger partial charge in [0.2, 0.25) is 5.91 Å². The molecule has 0 bridgehead atoms. The smallest absolute Gasteiger partial charge is 0.261 e. The van der Waals surface area contributed by atoms with Gasteiger partial charge in [-0.25, -0.2) is 4.90 Å². The van der Waals surface area contributed by atoms with Gasteiger partial charge in [0.25, 0.3) is 5.91 Å². The van der Waals surface area contributed by atoms with E-state index in [0.717, 1.165) is 10.5 Å². The summed E-state index contributed by atoms with van der Waals surface area (Å²) in [5.74, 6) is -0.506. The highest BCUT2D eigenvalue weighted by atomic mass is 35.5. The topological polar surface area (TPSA) is 63.7 Å². The number of anilines is 1. The Labute approximate surface area is 133 Å². The van der Waals surface area contributed by atoms with Crippen molar-refractivity contribution in [3.8, 4) is 5.75 Å². The molecule has 2 amide bonds. The lowest BCUT2D eigenvalue weighted by Gasteiger charge is -2.16. The molecule has 6 heteroatoms. The number of carbonyl (C=O) groups excluding carboxylic acids is 3. The number of halogens is 1. The van der Waals surface area contributed by atoms with Crippen LogP contribution in [0.4, 0.5) is 5.69 Å². The van der Waals surface area contributed by atoms with Gasteiger partial charge >= 0.3 is 0 Å². The van der Waals surface area contributed by atoms with E-state index >= 15 is 0 Å². The van der Waals surface area contributed by atoms with Gasteiger partial charge in [-0.3, -0.25) is 14.4 Å². The summed E-state index contributed by atoms with van der Waals surface area (Å²) in [7, 11) is 0. The molecule has 0 saturated carbocycles. The van der Waals surface area contributed by atoms with E-state index in [4.69, 9.17) is 16.3 Å². The third-order valence-electron chi connectivity index (χ3n) is 3.25. The van der Waals surface area contributed by atoms with E-state index in [2.05, 4.69) is 0 Å². The number of allylic oxidation sites excluding steroid dienone is 1. The van der Waals surface area contributed by atoms with E-state index in [1.54, 1.807) is 19.9 Å². The van der Waals surface area contributed by atoms with Crippen LogP contribution in [0.5, 0.6) is 5.75 Å². The molecule has 0 N–H and O–H groups in total. The predicted molar refractivity (Wildman–Crippen MR) is 83.1 cm³/mol. The quantitative estimate of drug-likeness (QED) is 0.632. The largest absolute Gasteiger partial charge is 0.484 e. The zero-order valence-corrected chi connectivity index (χ0v) is 13.4. The molecule has 1 saturated heterocycles. The zero-order chi connectivity index (χ0) is 16.4. The van der Waals surface area contributed by atoms with E-state index < -0.39 is 0 Å². The number of ketones is 1. The lowest BCUT2D eigenvalue weighted by Crippen LogP contribution is -2.29. The molecular formula is C16H16ClNO4. The van der Waals surface area contributed by atoms with Crippen molar-refractivity contribution in [1.82, 2.24) is 0 Å². The van der Waals surface area contributed by atoms with Crippen molar-refractivity contribution in [3.63, 3.8) is 0 Å². The Morgan fingerprint density at radius 1 is 1.27 bits per heavy atom. The third-order valence-corrected chi connectivity index (χ3v) is 3.56. The summed E-state index contributed by atoms with van der Waals surface area (Å²) in [6.45, 7) is 4.87. The molecule has 1 aliphatic rings. The van der Waals surface area contributed by atoms with E-state index in [1.807, 2.05) is 0 Å². The molecule has 0 spiro atoms. The van der Waals surface area contributed by atoms with Crippen molar-refractivity contribution >= 4 is 34.9 Å². The van der Waals surface area contributed by atoms with Crippen LogP contribution >= 0.6 is 11.6 Å². The fraction of sp³-hybridized carbons (Fsp3) is 0.312. The van der Waals surface area contributed by atoms with Gasteiger partial charge in [-0.05, 0) is 32.9 Å². The van der Waals surface area contributed by atoms with Gasteiger partial charge in [-0.15, -0.1) is 0 Å². The van der Waals surface area contributed by atoms with Crippen LogP contribution in [0.15, 0.2) is 29.3 Å². The number of benzene rings is 1. The van der Waals surface area contributed by atoms with Crippen molar-refractivity contribution in [2.75, 3.05) is 11.5 Å². The van der Waals surface area contributed by atoms with Gasteiger partial charge in [0, 0.05) is 11.6 Å². The van der Waals surface area contributed by atoms with Gasteiger partial charge in [-0.2, -0.15) is 0 Å². The second kappa shape index (κ2) is 6.32. The van der Waals surface area contributed by atoms with E-state index in [1.165, 1.54) is 19.1 Å². The first kappa shape index (κ1) is 16.2. The highest BCUT2D eigenvalue weighted by Gasteiger charge is 2.35. The molecular weight excluding hydrogens is 306 g/mol. The Morgan fingerprint density at radius 3 is 2.50 bits per heavy atom. The summed E-state index contributed by atoms with van der Waals surface area (Å²) in [4.78, 5) is 36.6. The van der Waals surface area contributed by atoms with Gasteiger partial charge in [0.1, 0.15) is 12.4 Å².